The van der Waals surface area contributed by atoms with Gasteiger partial charge in [-0.05, 0) is 42.9 Å². The Morgan fingerprint density at radius 2 is 1.78 bits per heavy atom. The van der Waals surface area contributed by atoms with Crippen molar-refractivity contribution in [1.29, 1.82) is 0 Å². The minimum atomic E-state index is 1.05. The minimum Gasteiger partial charge on any atom is -0.0625 e. The molecule has 2 fully saturated rings. The summed E-state index contributed by atoms with van der Waals surface area (Å²) in [5.74, 6) is 4.40. The van der Waals surface area contributed by atoms with E-state index in [2.05, 4.69) is 13.8 Å². The third kappa shape index (κ3) is 0.720. The first-order valence-electron chi connectivity index (χ1n) is 4.27. The molecule has 0 nitrogen and oxygen atoms in total. The second kappa shape index (κ2) is 1.74. The van der Waals surface area contributed by atoms with Crippen LogP contribution in [0.3, 0.4) is 0 Å². The van der Waals surface area contributed by atoms with Crippen LogP contribution < -0.4 is 0 Å². The van der Waals surface area contributed by atoms with Gasteiger partial charge < -0.3 is 0 Å². The van der Waals surface area contributed by atoms with Gasteiger partial charge in [0.05, 0.1) is 0 Å². The molecule has 52 valence electrons. The van der Waals surface area contributed by atoms with Crippen molar-refractivity contribution in [2.45, 2.75) is 33.1 Å². The largest absolute Gasteiger partial charge is 0.0625 e. The van der Waals surface area contributed by atoms with Gasteiger partial charge in [0, 0.05) is 0 Å². The van der Waals surface area contributed by atoms with Gasteiger partial charge in [-0.3, -0.25) is 0 Å². The van der Waals surface area contributed by atoms with Gasteiger partial charge in [-0.2, -0.15) is 0 Å². The van der Waals surface area contributed by atoms with Gasteiger partial charge >= 0.3 is 0 Å². The minimum absolute atomic E-state index is 1.05. The Kier molecular flexibility index (Phi) is 1.12. The molecule has 2 rings (SSSR count). The van der Waals surface area contributed by atoms with Crippen LogP contribution in [0.1, 0.15) is 33.1 Å². The van der Waals surface area contributed by atoms with Crippen LogP contribution in [0, 0.1) is 23.7 Å². The van der Waals surface area contributed by atoms with Gasteiger partial charge in [-0.25, -0.2) is 0 Å². The fourth-order valence-electron chi connectivity index (χ4n) is 2.87. The summed E-state index contributed by atoms with van der Waals surface area (Å²) in [5, 5.41) is 0. The Labute approximate surface area is 57.6 Å². The van der Waals surface area contributed by atoms with E-state index in [1.807, 2.05) is 0 Å². The van der Waals surface area contributed by atoms with Crippen LogP contribution in [0.15, 0.2) is 0 Å². The van der Waals surface area contributed by atoms with Gasteiger partial charge in [0.2, 0.25) is 0 Å². The van der Waals surface area contributed by atoms with E-state index in [9.17, 15) is 0 Å². The third-order valence-electron chi connectivity index (χ3n) is 3.39. The molecule has 2 aliphatic carbocycles. The van der Waals surface area contributed by atoms with Crippen molar-refractivity contribution in [2.24, 2.45) is 23.7 Å². The first-order chi connectivity index (χ1) is 4.27. The quantitative estimate of drug-likeness (QED) is 0.465. The van der Waals surface area contributed by atoms with Crippen LogP contribution in [0.2, 0.25) is 0 Å². The van der Waals surface area contributed by atoms with Crippen molar-refractivity contribution < 1.29 is 0 Å². The van der Waals surface area contributed by atoms with Crippen molar-refractivity contribution in [1.82, 2.24) is 0 Å². The van der Waals surface area contributed by atoms with E-state index in [1.54, 1.807) is 0 Å². The molecule has 0 bridgehead atoms. The molecule has 4 atom stereocenters. The second-order valence-corrected chi connectivity index (χ2v) is 4.21. The van der Waals surface area contributed by atoms with Crippen molar-refractivity contribution in [3.8, 4) is 0 Å². The van der Waals surface area contributed by atoms with Crippen molar-refractivity contribution in [2.75, 3.05) is 0 Å². The van der Waals surface area contributed by atoms with Crippen molar-refractivity contribution in [3.05, 3.63) is 0 Å². The van der Waals surface area contributed by atoms with Gasteiger partial charge in [0.15, 0.2) is 0 Å². The molecule has 9 heavy (non-hydrogen) atoms. The van der Waals surface area contributed by atoms with Gasteiger partial charge in [0.25, 0.3) is 0 Å². The zero-order valence-corrected chi connectivity index (χ0v) is 6.43. The van der Waals surface area contributed by atoms with E-state index in [4.69, 9.17) is 0 Å². The zero-order chi connectivity index (χ0) is 6.43. The third-order valence-corrected chi connectivity index (χ3v) is 3.39. The lowest BCUT2D eigenvalue weighted by Crippen LogP contribution is -2.29. The molecule has 0 aromatic heterocycles. The van der Waals surface area contributed by atoms with E-state index < -0.39 is 0 Å². The van der Waals surface area contributed by atoms with Gasteiger partial charge in [-0.15, -0.1) is 0 Å². The van der Waals surface area contributed by atoms with Crippen molar-refractivity contribution in [3.63, 3.8) is 0 Å². The predicted octanol–water partition coefficient (Wildman–Crippen LogP) is 2.69. The molecule has 0 saturated heterocycles. The maximum atomic E-state index is 2.42. The molecule has 0 aromatic carbocycles. The van der Waals surface area contributed by atoms with Crippen LogP contribution in [0.25, 0.3) is 0 Å². The Morgan fingerprint density at radius 1 is 1.00 bits per heavy atom. The van der Waals surface area contributed by atoms with Crippen LogP contribution in [-0.2, 0) is 0 Å². The molecule has 0 amide bonds. The molecule has 0 N–H and O–H groups in total. The SMILES string of the molecule is CC1CC2C[C@@H](C)CC12. The molecular weight excluding hydrogens is 108 g/mol. The molecule has 0 aromatic rings. The van der Waals surface area contributed by atoms with Crippen LogP contribution in [0.5, 0.6) is 0 Å². The fourth-order valence-corrected chi connectivity index (χ4v) is 2.87. The van der Waals surface area contributed by atoms with Crippen LogP contribution in [0.4, 0.5) is 0 Å². The smallest absolute Gasteiger partial charge is 0.0357 e. The average molecular weight is 124 g/mol. The summed E-state index contributed by atoms with van der Waals surface area (Å²) in [4.78, 5) is 0. The lowest BCUT2D eigenvalue weighted by atomic mass is 9.68. The normalized spacial score (nSPS) is 56.7. The fraction of sp³-hybridized carbons (Fsp3) is 1.00. The molecule has 0 heteroatoms. The molecular formula is C9H16. The maximum absolute atomic E-state index is 2.42. The Morgan fingerprint density at radius 3 is 2.22 bits per heavy atom. The second-order valence-electron chi connectivity index (χ2n) is 4.21. The summed E-state index contributed by atoms with van der Waals surface area (Å²) < 4.78 is 0. The molecule has 0 spiro atoms. The Bertz CT molecular complexity index is 117. The molecule has 0 heterocycles. The summed E-state index contributed by atoms with van der Waals surface area (Å²) >= 11 is 0. The highest BCUT2D eigenvalue weighted by Crippen LogP contribution is 2.52. The van der Waals surface area contributed by atoms with Crippen LogP contribution >= 0.6 is 0 Å². The monoisotopic (exact) mass is 124 g/mol. The summed E-state index contributed by atoms with van der Waals surface area (Å²) in [6, 6.07) is 0. The number of fused-ring (bicyclic) bond motifs is 1. The highest BCUT2D eigenvalue weighted by atomic mass is 14.5. The van der Waals surface area contributed by atoms with E-state index in [0.29, 0.717) is 0 Å². The molecule has 0 radical (unpaired) electrons. The maximum Gasteiger partial charge on any atom is -0.0357 e. The first kappa shape index (κ1) is 5.76. The molecule has 2 aliphatic rings. The standard InChI is InChI=1S/C9H16/c1-6-3-8-5-7(2)9(8)4-6/h6-9H,3-5H2,1-2H3/t6-,7?,8?,9?/m1/s1. The number of rotatable bonds is 0. The molecule has 3 unspecified atom stereocenters. The lowest BCUT2D eigenvalue weighted by molar-refractivity contribution is 0.120. The Balaban J connectivity index is 2.00. The topological polar surface area (TPSA) is 0 Å². The highest BCUT2D eigenvalue weighted by Gasteiger charge is 2.43. The summed E-state index contributed by atoms with van der Waals surface area (Å²) in [7, 11) is 0. The van der Waals surface area contributed by atoms with Crippen LogP contribution in [-0.4, -0.2) is 0 Å². The molecule has 2 saturated carbocycles. The van der Waals surface area contributed by atoms with Crippen molar-refractivity contribution >= 4 is 0 Å². The predicted molar refractivity (Wildman–Crippen MR) is 39.2 cm³/mol. The number of hydrogen-bond acceptors (Lipinski definition) is 0. The van der Waals surface area contributed by atoms with Gasteiger partial charge in [-0.1, -0.05) is 13.8 Å². The van der Waals surface area contributed by atoms with E-state index in [1.165, 1.54) is 19.3 Å². The average Bonchev–Trinajstić information content (AvgIpc) is 2.08. The zero-order valence-electron chi connectivity index (χ0n) is 6.43. The summed E-state index contributed by atoms with van der Waals surface area (Å²) in [6.07, 6.45) is 4.61. The highest BCUT2D eigenvalue weighted by molar-refractivity contribution is 4.93. The number of hydrogen-bond donors (Lipinski definition) is 0. The first-order valence-corrected chi connectivity index (χ1v) is 4.27. The summed E-state index contributed by atoms with van der Waals surface area (Å²) in [6.45, 7) is 4.82. The Hall–Kier alpha value is 0. The van der Waals surface area contributed by atoms with E-state index >= 15 is 0 Å². The lowest BCUT2D eigenvalue weighted by Gasteiger charge is -2.37. The summed E-state index contributed by atoms with van der Waals surface area (Å²) in [5.41, 5.74) is 0. The molecule has 0 aliphatic heterocycles. The van der Waals surface area contributed by atoms with E-state index in [-0.39, 0.29) is 0 Å². The van der Waals surface area contributed by atoms with E-state index in [0.717, 1.165) is 23.7 Å². The van der Waals surface area contributed by atoms with Gasteiger partial charge in [0.1, 0.15) is 0 Å².